The molecular formula is C36H34F3N9O2. The molecule has 1 spiro atoms. The molecule has 1 unspecified atom stereocenters. The Hall–Kier alpha value is -5.37. The second-order valence-electron chi connectivity index (χ2n) is 13.3. The molecular weight excluding hydrogens is 647 g/mol. The summed E-state index contributed by atoms with van der Waals surface area (Å²) in [6, 6.07) is 14.3. The molecule has 50 heavy (non-hydrogen) atoms. The number of rotatable bonds is 6. The van der Waals surface area contributed by atoms with Gasteiger partial charge in [-0.2, -0.15) is 23.4 Å². The van der Waals surface area contributed by atoms with Crippen molar-refractivity contribution in [2.24, 2.45) is 12.5 Å². The van der Waals surface area contributed by atoms with Crippen molar-refractivity contribution in [3.05, 3.63) is 84.5 Å². The molecule has 6 heterocycles. The molecule has 0 aliphatic carbocycles. The van der Waals surface area contributed by atoms with Crippen LogP contribution in [0.25, 0.3) is 39.1 Å². The molecule has 2 saturated heterocycles. The zero-order valence-corrected chi connectivity index (χ0v) is 27.3. The predicted molar refractivity (Wildman–Crippen MR) is 180 cm³/mol. The summed E-state index contributed by atoms with van der Waals surface area (Å²) in [6.07, 6.45) is 3.52. The average molecular weight is 682 g/mol. The maximum Gasteiger partial charge on any atom is 0.417 e. The molecule has 1 atom stereocenters. The fourth-order valence-electron chi connectivity index (χ4n) is 7.50. The van der Waals surface area contributed by atoms with Crippen molar-refractivity contribution in [2.45, 2.75) is 25.4 Å². The second kappa shape index (κ2) is 12.2. The van der Waals surface area contributed by atoms with Crippen molar-refractivity contribution in [3.8, 4) is 22.6 Å². The van der Waals surface area contributed by atoms with Crippen LogP contribution in [0, 0.1) is 5.41 Å². The van der Waals surface area contributed by atoms with Crippen LogP contribution in [0.2, 0.25) is 0 Å². The van der Waals surface area contributed by atoms with Gasteiger partial charge in [-0.3, -0.25) is 29.3 Å². The van der Waals surface area contributed by atoms with E-state index in [0.717, 1.165) is 36.0 Å². The number of hydrogen-bond donors (Lipinski definition) is 1. The topological polar surface area (TPSA) is 116 Å². The standard InChI is InChI=1S/C36H34F3N9O2/c1-45-22-41-33(44-45)25-4-2-23(3-5-25)24-9-14-47(15-10-24)31(49)20-46-16-11-35(21-46)12-17-48(34(35)50)26-6-7-30-27(18-26)32(43-42-30)28-19-40-13-8-29(28)36(37,38)39/h2-9,13,18-19,22H,10-12,14-17,20-21H2,1H3,(H,42,43). The zero-order chi connectivity index (χ0) is 34.6. The Kier molecular flexibility index (Phi) is 7.77. The predicted octanol–water partition coefficient (Wildman–Crippen LogP) is 5.18. The minimum absolute atomic E-state index is 0.0235. The third kappa shape index (κ3) is 5.72. The highest BCUT2D eigenvalue weighted by atomic mass is 19.4. The molecule has 3 aliphatic heterocycles. The number of carbonyl (C=O) groups excluding carboxylic acids is 2. The Balaban J connectivity index is 0.911. The van der Waals surface area contributed by atoms with Gasteiger partial charge in [0.15, 0.2) is 5.82 Å². The van der Waals surface area contributed by atoms with E-state index in [2.05, 4.69) is 48.4 Å². The highest BCUT2D eigenvalue weighted by molar-refractivity contribution is 6.03. The smallest absolute Gasteiger partial charge is 0.338 e. The minimum Gasteiger partial charge on any atom is -0.338 e. The van der Waals surface area contributed by atoms with Crippen LogP contribution in [0.4, 0.5) is 18.9 Å². The van der Waals surface area contributed by atoms with Crippen LogP contribution in [0.5, 0.6) is 0 Å². The number of nitrogens with zero attached hydrogens (tertiary/aromatic N) is 8. The fourth-order valence-corrected chi connectivity index (χ4v) is 7.50. The van der Waals surface area contributed by atoms with E-state index in [9.17, 15) is 22.8 Å². The molecule has 2 fully saturated rings. The lowest BCUT2D eigenvalue weighted by atomic mass is 9.85. The molecule has 11 nitrogen and oxygen atoms in total. The Morgan fingerprint density at radius 3 is 2.56 bits per heavy atom. The number of benzene rings is 2. The van der Waals surface area contributed by atoms with Crippen molar-refractivity contribution in [2.75, 3.05) is 44.2 Å². The van der Waals surface area contributed by atoms with Gasteiger partial charge in [0.2, 0.25) is 11.8 Å². The summed E-state index contributed by atoms with van der Waals surface area (Å²) in [4.78, 5) is 41.2. The number of aromatic nitrogens is 6. The van der Waals surface area contributed by atoms with Crippen molar-refractivity contribution >= 4 is 34.0 Å². The van der Waals surface area contributed by atoms with E-state index in [0.29, 0.717) is 68.0 Å². The summed E-state index contributed by atoms with van der Waals surface area (Å²) in [5.41, 5.74) is 3.01. The molecule has 256 valence electrons. The van der Waals surface area contributed by atoms with E-state index < -0.39 is 17.2 Å². The molecule has 3 aromatic heterocycles. The van der Waals surface area contributed by atoms with Gasteiger partial charge in [-0.15, -0.1) is 0 Å². The third-order valence-electron chi connectivity index (χ3n) is 10.2. The summed E-state index contributed by atoms with van der Waals surface area (Å²) in [6.45, 7) is 3.03. The molecule has 2 aromatic carbocycles. The normalized spacial score (nSPS) is 20.0. The van der Waals surface area contributed by atoms with Gasteiger partial charge in [-0.05, 0) is 61.2 Å². The maximum absolute atomic E-state index is 14.0. The quantitative estimate of drug-likeness (QED) is 0.263. The van der Waals surface area contributed by atoms with Gasteiger partial charge < -0.3 is 9.80 Å². The van der Waals surface area contributed by atoms with E-state index in [4.69, 9.17) is 0 Å². The van der Waals surface area contributed by atoms with Crippen LogP contribution in [-0.2, 0) is 22.8 Å². The van der Waals surface area contributed by atoms with Crippen LogP contribution in [0.3, 0.4) is 0 Å². The number of hydrogen-bond acceptors (Lipinski definition) is 7. The van der Waals surface area contributed by atoms with E-state index in [1.54, 1.807) is 34.1 Å². The highest BCUT2D eigenvalue weighted by Gasteiger charge is 2.51. The van der Waals surface area contributed by atoms with Crippen LogP contribution in [0.15, 0.2) is 73.3 Å². The lowest BCUT2D eigenvalue weighted by Crippen LogP contribution is -2.43. The number of anilines is 1. The lowest BCUT2D eigenvalue weighted by Gasteiger charge is -2.29. The first-order chi connectivity index (χ1) is 24.1. The zero-order valence-electron chi connectivity index (χ0n) is 27.3. The van der Waals surface area contributed by atoms with Gasteiger partial charge in [-0.1, -0.05) is 30.3 Å². The number of aryl methyl sites for hydroxylation is 1. The van der Waals surface area contributed by atoms with Gasteiger partial charge in [0.25, 0.3) is 0 Å². The highest BCUT2D eigenvalue weighted by Crippen LogP contribution is 2.44. The summed E-state index contributed by atoms with van der Waals surface area (Å²) in [5.74, 6) is 0.702. The van der Waals surface area contributed by atoms with Crippen molar-refractivity contribution in [1.29, 1.82) is 0 Å². The lowest BCUT2D eigenvalue weighted by molar-refractivity contribution is -0.137. The Bertz CT molecular complexity index is 2140. The summed E-state index contributed by atoms with van der Waals surface area (Å²) < 4.78 is 43.0. The molecule has 2 amide bonds. The number of halogens is 3. The van der Waals surface area contributed by atoms with Gasteiger partial charge in [-0.25, -0.2) is 4.98 Å². The van der Waals surface area contributed by atoms with E-state index in [1.807, 2.05) is 24.1 Å². The first-order valence-electron chi connectivity index (χ1n) is 16.6. The molecule has 1 N–H and O–H groups in total. The number of amides is 2. The van der Waals surface area contributed by atoms with Gasteiger partial charge in [0, 0.05) is 67.8 Å². The summed E-state index contributed by atoms with van der Waals surface area (Å²) >= 11 is 0. The van der Waals surface area contributed by atoms with Crippen LogP contribution in [0.1, 0.15) is 30.4 Å². The molecule has 0 bridgehead atoms. The molecule has 3 aliphatic rings. The van der Waals surface area contributed by atoms with Crippen LogP contribution >= 0.6 is 0 Å². The van der Waals surface area contributed by atoms with Crippen molar-refractivity contribution < 1.29 is 22.8 Å². The first-order valence-corrected chi connectivity index (χ1v) is 16.6. The number of pyridine rings is 1. The van der Waals surface area contributed by atoms with E-state index in [-0.39, 0.29) is 29.6 Å². The average Bonchev–Trinajstić information content (AvgIpc) is 3.92. The Morgan fingerprint density at radius 1 is 1.02 bits per heavy atom. The molecule has 0 saturated carbocycles. The SMILES string of the molecule is Cn1cnc(-c2ccc(C3=CCN(C(=O)CN4CCC5(CCN(c6ccc7[nH]nc(-c8cnccc8C(F)(F)F)c7c6)C5=O)C4)CC3)cc2)n1. The second-order valence-corrected chi connectivity index (χ2v) is 13.3. The Morgan fingerprint density at radius 2 is 1.82 bits per heavy atom. The van der Waals surface area contributed by atoms with Crippen molar-refractivity contribution in [3.63, 3.8) is 0 Å². The molecule has 5 aromatic rings. The number of aromatic amines is 1. The van der Waals surface area contributed by atoms with Crippen LogP contribution in [-0.4, -0.2) is 90.8 Å². The largest absolute Gasteiger partial charge is 0.417 e. The van der Waals surface area contributed by atoms with E-state index >= 15 is 0 Å². The number of H-pyrrole nitrogens is 1. The molecule has 0 radical (unpaired) electrons. The van der Waals surface area contributed by atoms with Gasteiger partial charge >= 0.3 is 6.18 Å². The number of fused-ring (bicyclic) bond motifs is 1. The van der Waals surface area contributed by atoms with Gasteiger partial charge in [0.1, 0.15) is 12.0 Å². The number of likely N-dealkylation sites (tertiary alicyclic amines) is 1. The van der Waals surface area contributed by atoms with Gasteiger partial charge in [0.05, 0.1) is 23.0 Å². The number of carbonyl (C=O) groups is 2. The molecule has 14 heteroatoms. The maximum atomic E-state index is 14.0. The van der Waals surface area contributed by atoms with Crippen LogP contribution < -0.4 is 4.90 Å². The number of alkyl halides is 3. The number of nitrogens with one attached hydrogen (secondary N) is 1. The fraction of sp³-hybridized carbons (Fsp3) is 0.333. The van der Waals surface area contributed by atoms with Crippen molar-refractivity contribution in [1.82, 2.24) is 39.7 Å². The molecule has 8 rings (SSSR count). The summed E-state index contributed by atoms with van der Waals surface area (Å²) in [7, 11) is 1.84. The summed E-state index contributed by atoms with van der Waals surface area (Å²) in [5, 5.41) is 11.8. The first kappa shape index (κ1) is 31.9. The minimum atomic E-state index is -4.58. The third-order valence-corrected chi connectivity index (χ3v) is 10.2. The Labute approximate surface area is 285 Å². The van der Waals surface area contributed by atoms with E-state index in [1.165, 1.54) is 5.57 Å². The monoisotopic (exact) mass is 681 g/mol.